The van der Waals surface area contributed by atoms with E-state index in [0.717, 1.165) is 57.5 Å². The van der Waals surface area contributed by atoms with Crippen LogP contribution in [0.4, 0.5) is 0 Å². The van der Waals surface area contributed by atoms with E-state index in [9.17, 15) is 4.79 Å². The molecule has 2 fully saturated rings. The van der Waals surface area contributed by atoms with Crippen molar-refractivity contribution in [1.29, 1.82) is 0 Å². The van der Waals surface area contributed by atoms with E-state index in [4.69, 9.17) is 19.3 Å². The number of piperidine rings is 1. The van der Waals surface area contributed by atoms with Crippen molar-refractivity contribution >= 4 is 5.97 Å². The van der Waals surface area contributed by atoms with Crippen LogP contribution >= 0.6 is 0 Å². The van der Waals surface area contributed by atoms with Crippen LogP contribution in [-0.4, -0.2) is 61.1 Å². The molecule has 0 unspecified atom stereocenters. The van der Waals surface area contributed by atoms with E-state index in [-0.39, 0.29) is 18.3 Å². The first-order chi connectivity index (χ1) is 12.1. The molecule has 2 aliphatic heterocycles. The number of carboxylic acids is 1. The summed E-state index contributed by atoms with van der Waals surface area (Å²) in [7, 11) is 1.78. The number of nitrogens with zero attached hydrogens (tertiary/aromatic N) is 1. The lowest BCUT2D eigenvalue weighted by molar-refractivity contribution is -0.186. The Labute approximate surface area is 148 Å². The zero-order valence-electron chi connectivity index (χ0n) is 14.8. The zero-order chi connectivity index (χ0) is 17.7. The number of para-hydroxylation sites is 1. The lowest BCUT2D eigenvalue weighted by atomic mass is 9.81. The quantitative estimate of drug-likeness (QED) is 0.850. The largest absolute Gasteiger partial charge is 0.482 e. The van der Waals surface area contributed by atoms with Gasteiger partial charge in [0.15, 0.2) is 6.61 Å². The number of methoxy groups -OCH3 is 1. The molecule has 0 bridgehead atoms. The fourth-order valence-electron chi connectivity index (χ4n) is 3.94. The van der Waals surface area contributed by atoms with Crippen molar-refractivity contribution in [3.05, 3.63) is 29.8 Å². The minimum Gasteiger partial charge on any atom is -0.482 e. The van der Waals surface area contributed by atoms with Gasteiger partial charge in [-0.1, -0.05) is 18.2 Å². The van der Waals surface area contributed by atoms with E-state index in [0.29, 0.717) is 5.75 Å². The highest BCUT2D eigenvalue weighted by Crippen LogP contribution is 2.37. The zero-order valence-corrected chi connectivity index (χ0v) is 14.8. The van der Waals surface area contributed by atoms with Crippen LogP contribution in [0.25, 0.3) is 0 Å². The van der Waals surface area contributed by atoms with Gasteiger partial charge in [0, 0.05) is 38.9 Å². The number of hydrogen-bond donors (Lipinski definition) is 1. The molecule has 2 heterocycles. The monoisotopic (exact) mass is 349 g/mol. The number of benzene rings is 1. The minimum absolute atomic E-state index is 0.136. The van der Waals surface area contributed by atoms with Gasteiger partial charge in [-0.15, -0.1) is 0 Å². The summed E-state index contributed by atoms with van der Waals surface area (Å²) in [6, 6.07) is 7.65. The summed E-state index contributed by atoms with van der Waals surface area (Å²) >= 11 is 0. The Kier molecular flexibility index (Phi) is 5.93. The summed E-state index contributed by atoms with van der Waals surface area (Å²) in [5, 5.41) is 8.81. The molecule has 6 nitrogen and oxygen atoms in total. The van der Waals surface area contributed by atoms with Gasteiger partial charge in [0.2, 0.25) is 0 Å². The lowest BCUT2D eigenvalue weighted by Gasteiger charge is -2.48. The highest BCUT2D eigenvalue weighted by atomic mass is 16.5. The summed E-state index contributed by atoms with van der Waals surface area (Å²) in [6.07, 6.45) is 4.25. The number of aliphatic carboxylic acids is 1. The van der Waals surface area contributed by atoms with Crippen LogP contribution in [0.1, 0.15) is 31.2 Å². The fraction of sp³-hybridized carbons (Fsp3) is 0.632. The van der Waals surface area contributed by atoms with Gasteiger partial charge in [-0.3, -0.25) is 4.90 Å². The van der Waals surface area contributed by atoms with Crippen LogP contribution in [0.3, 0.4) is 0 Å². The molecular weight excluding hydrogens is 322 g/mol. The van der Waals surface area contributed by atoms with Gasteiger partial charge in [0.1, 0.15) is 5.75 Å². The maximum Gasteiger partial charge on any atom is 0.341 e. The summed E-state index contributed by atoms with van der Waals surface area (Å²) in [5.41, 5.74) is 0.885. The third-order valence-corrected chi connectivity index (χ3v) is 5.29. The number of carboxylic acid groups (broad SMARTS) is 1. The lowest BCUT2D eigenvalue weighted by Crippen LogP contribution is -2.55. The van der Waals surface area contributed by atoms with E-state index in [2.05, 4.69) is 4.90 Å². The second-order valence-corrected chi connectivity index (χ2v) is 6.85. The third kappa shape index (κ3) is 4.32. The van der Waals surface area contributed by atoms with Gasteiger partial charge in [-0.2, -0.15) is 0 Å². The van der Waals surface area contributed by atoms with Gasteiger partial charge >= 0.3 is 5.97 Å². The van der Waals surface area contributed by atoms with Crippen molar-refractivity contribution in [3.63, 3.8) is 0 Å². The summed E-state index contributed by atoms with van der Waals surface area (Å²) in [5.74, 6) is -0.316. The molecule has 1 atom stereocenters. The third-order valence-electron chi connectivity index (χ3n) is 5.29. The van der Waals surface area contributed by atoms with Crippen molar-refractivity contribution in [2.75, 3.05) is 33.4 Å². The second kappa shape index (κ2) is 8.17. The molecule has 2 aliphatic rings. The summed E-state index contributed by atoms with van der Waals surface area (Å²) < 4.78 is 17.3. The molecule has 25 heavy (non-hydrogen) atoms. The Hall–Kier alpha value is -1.63. The minimum atomic E-state index is -0.963. The second-order valence-electron chi connectivity index (χ2n) is 6.85. The standard InChI is InChI=1S/C19H27NO5/c1-23-17-7-4-12-25-19(17)8-10-20(11-9-19)13-15-5-2-3-6-16(15)24-14-18(21)22/h2-3,5-6,17H,4,7-14H2,1H3,(H,21,22)/t17-/m1/s1. The Morgan fingerprint density at radius 2 is 2.12 bits per heavy atom. The maximum atomic E-state index is 10.7. The summed E-state index contributed by atoms with van der Waals surface area (Å²) in [4.78, 5) is 13.1. The predicted octanol–water partition coefficient (Wildman–Crippen LogP) is 2.31. The molecule has 0 amide bonds. The predicted molar refractivity (Wildman–Crippen MR) is 92.8 cm³/mol. The molecule has 1 aromatic rings. The highest BCUT2D eigenvalue weighted by molar-refractivity contribution is 5.68. The average Bonchev–Trinajstić information content (AvgIpc) is 2.63. The topological polar surface area (TPSA) is 68.2 Å². The van der Waals surface area contributed by atoms with Gasteiger partial charge in [0.25, 0.3) is 0 Å². The van der Waals surface area contributed by atoms with Crippen molar-refractivity contribution < 1.29 is 24.1 Å². The van der Waals surface area contributed by atoms with Gasteiger partial charge in [-0.05, 0) is 31.7 Å². The van der Waals surface area contributed by atoms with Crippen molar-refractivity contribution in [1.82, 2.24) is 4.90 Å². The molecule has 0 aromatic heterocycles. The van der Waals surface area contributed by atoms with Crippen LogP contribution in [-0.2, 0) is 20.8 Å². The highest BCUT2D eigenvalue weighted by Gasteiger charge is 2.44. The maximum absolute atomic E-state index is 10.7. The Balaban J connectivity index is 1.60. The van der Waals surface area contributed by atoms with E-state index in [1.165, 1.54) is 0 Å². The SMILES string of the molecule is CO[C@@H]1CCCOC12CCN(Cc1ccccc1OCC(=O)O)CC2. The molecule has 1 aromatic carbocycles. The number of likely N-dealkylation sites (tertiary alicyclic amines) is 1. The van der Waals surface area contributed by atoms with Crippen LogP contribution in [0.2, 0.25) is 0 Å². The van der Waals surface area contributed by atoms with E-state index in [1.54, 1.807) is 7.11 Å². The summed E-state index contributed by atoms with van der Waals surface area (Å²) in [6.45, 7) is 3.14. The van der Waals surface area contributed by atoms with Crippen molar-refractivity contribution in [2.45, 2.75) is 43.9 Å². The fourth-order valence-corrected chi connectivity index (χ4v) is 3.94. The van der Waals surface area contributed by atoms with Crippen LogP contribution in [0, 0.1) is 0 Å². The molecule has 1 spiro atoms. The van der Waals surface area contributed by atoms with Crippen LogP contribution in [0.15, 0.2) is 24.3 Å². The molecule has 0 saturated carbocycles. The molecule has 2 saturated heterocycles. The number of ether oxygens (including phenoxy) is 3. The number of carbonyl (C=O) groups is 1. The Bertz CT molecular complexity index is 583. The first-order valence-electron chi connectivity index (χ1n) is 8.94. The Morgan fingerprint density at radius 1 is 1.36 bits per heavy atom. The van der Waals surface area contributed by atoms with Gasteiger partial charge in [-0.25, -0.2) is 4.79 Å². The molecule has 1 N–H and O–H groups in total. The van der Waals surface area contributed by atoms with Crippen molar-refractivity contribution in [2.24, 2.45) is 0 Å². The van der Waals surface area contributed by atoms with Gasteiger partial charge in [0.05, 0.1) is 11.7 Å². The molecule has 6 heteroatoms. The smallest absolute Gasteiger partial charge is 0.341 e. The number of hydrogen-bond acceptors (Lipinski definition) is 5. The first kappa shape index (κ1) is 18.2. The number of rotatable bonds is 6. The Morgan fingerprint density at radius 3 is 2.84 bits per heavy atom. The van der Waals surface area contributed by atoms with E-state index in [1.807, 2.05) is 24.3 Å². The van der Waals surface area contributed by atoms with E-state index >= 15 is 0 Å². The average molecular weight is 349 g/mol. The first-order valence-corrected chi connectivity index (χ1v) is 8.94. The van der Waals surface area contributed by atoms with E-state index < -0.39 is 5.97 Å². The molecule has 3 rings (SSSR count). The molecule has 0 radical (unpaired) electrons. The molecule has 0 aliphatic carbocycles. The molecule has 138 valence electrons. The van der Waals surface area contributed by atoms with Crippen molar-refractivity contribution in [3.8, 4) is 5.75 Å². The van der Waals surface area contributed by atoms with Crippen LogP contribution < -0.4 is 4.74 Å². The van der Waals surface area contributed by atoms with Crippen LogP contribution in [0.5, 0.6) is 5.75 Å². The van der Waals surface area contributed by atoms with Gasteiger partial charge < -0.3 is 19.3 Å². The normalized spacial score (nSPS) is 23.5. The molecular formula is C19H27NO5.